The van der Waals surface area contributed by atoms with Crippen molar-refractivity contribution in [3.05, 3.63) is 47.5 Å². The van der Waals surface area contributed by atoms with E-state index < -0.39 is 0 Å². The fraction of sp³-hybridized carbons (Fsp3) is 0.308. The van der Waals surface area contributed by atoms with E-state index >= 15 is 0 Å². The standard InChI is InChI=1S/C13H17N3O/c1-9-3-4-12(17-2)10(7-9)11(14)8-13-15-5-6-16-13/h3-7,11H,8,14H2,1-2H3,(H,15,16). The van der Waals surface area contributed by atoms with Gasteiger partial charge in [-0.05, 0) is 13.0 Å². The number of aromatic nitrogens is 2. The molecule has 0 spiro atoms. The molecule has 0 saturated heterocycles. The first-order valence-corrected chi connectivity index (χ1v) is 5.59. The lowest BCUT2D eigenvalue weighted by atomic mass is 10.0. The van der Waals surface area contributed by atoms with Crippen molar-refractivity contribution < 1.29 is 4.74 Å². The van der Waals surface area contributed by atoms with Crippen LogP contribution in [0.5, 0.6) is 5.75 Å². The normalized spacial score (nSPS) is 12.4. The Morgan fingerprint density at radius 1 is 1.47 bits per heavy atom. The van der Waals surface area contributed by atoms with Gasteiger partial charge in [0.2, 0.25) is 0 Å². The number of nitrogens with one attached hydrogen (secondary N) is 1. The average Bonchev–Trinajstić information content (AvgIpc) is 2.81. The third-order valence-corrected chi connectivity index (χ3v) is 2.75. The summed E-state index contributed by atoms with van der Waals surface area (Å²) in [5.41, 5.74) is 8.39. The summed E-state index contributed by atoms with van der Waals surface area (Å²) in [6.07, 6.45) is 4.21. The Morgan fingerprint density at radius 3 is 2.94 bits per heavy atom. The van der Waals surface area contributed by atoms with Gasteiger partial charge in [0.15, 0.2) is 0 Å². The molecule has 0 radical (unpaired) electrons. The molecule has 17 heavy (non-hydrogen) atoms. The Labute approximate surface area is 101 Å². The molecule has 1 heterocycles. The summed E-state index contributed by atoms with van der Waals surface area (Å²) in [7, 11) is 1.66. The minimum atomic E-state index is -0.115. The van der Waals surface area contributed by atoms with Crippen molar-refractivity contribution in [3.63, 3.8) is 0 Å². The van der Waals surface area contributed by atoms with Crippen molar-refractivity contribution in [2.75, 3.05) is 7.11 Å². The maximum atomic E-state index is 6.19. The van der Waals surface area contributed by atoms with Gasteiger partial charge in [0.05, 0.1) is 7.11 Å². The molecule has 90 valence electrons. The SMILES string of the molecule is COc1ccc(C)cc1C(N)Cc1ncc[nH]1. The highest BCUT2D eigenvalue weighted by Crippen LogP contribution is 2.26. The molecule has 1 atom stereocenters. The third kappa shape index (κ3) is 2.65. The summed E-state index contributed by atoms with van der Waals surface area (Å²) >= 11 is 0. The summed E-state index contributed by atoms with van der Waals surface area (Å²) in [6.45, 7) is 2.04. The number of aryl methyl sites for hydroxylation is 1. The van der Waals surface area contributed by atoms with Crippen LogP contribution in [0.3, 0.4) is 0 Å². The van der Waals surface area contributed by atoms with Crippen LogP contribution in [0.15, 0.2) is 30.6 Å². The van der Waals surface area contributed by atoms with Gasteiger partial charge < -0.3 is 15.5 Å². The predicted octanol–water partition coefficient (Wildman–Crippen LogP) is 1.97. The molecule has 2 rings (SSSR count). The molecule has 1 aromatic carbocycles. The van der Waals surface area contributed by atoms with E-state index in [1.807, 2.05) is 19.1 Å². The largest absolute Gasteiger partial charge is 0.496 e. The molecule has 4 heteroatoms. The maximum Gasteiger partial charge on any atom is 0.123 e. The number of ether oxygens (including phenoxy) is 1. The summed E-state index contributed by atoms with van der Waals surface area (Å²) in [5, 5.41) is 0. The molecule has 1 aromatic heterocycles. The van der Waals surface area contributed by atoms with Crippen molar-refractivity contribution in [2.45, 2.75) is 19.4 Å². The summed E-state index contributed by atoms with van der Waals surface area (Å²) in [6, 6.07) is 5.91. The number of rotatable bonds is 4. The van der Waals surface area contributed by atoms with Crippen LogP contribution in [0.25, 0.3) is 0 Å². The molecule has 0 fully saturated rings. The van der Waals surface area contributed by atoms with Crippen molar-refractivity contribution in [1.29, 1.82) is 0 Å². The lowest BCUT2D eigenvalue weighted by Gasteiger charge is -2.15. The molecule has 0 saturated carbocycles. The first-order valence-electron chi connectivity index (χ1n) is 5.59. The van der Waals surface area contributed by atoms with E-state index in [-0.39, 0.29) is 6.04 Å². The molecule has 4 nitrogen and oxygen atoms in total. The van der Waals surface area contributed by atoms with Crippen LogP contribution >= 0.6 is 0 Å². The van der Waals surface area contributed by atoms with E-state index in [2.05, 4.69) is 16.0 Å². The Kier molecular flexibility index (Phi) is 3.44. The van der Waals surface area contributed by atoms with Crippen molar-refractivity contribution in [2.24, 2.45) is 5.73 Å². The van der Waals surface area contributed by atoms with Gasteiger partial charge in [-0.15, -0.1) is 0 Å². The third-order valence-electron chi connectivity index (χ3n) is 2.75. The first-order chi connectivity index (χ1) is 8.20. The molecule has 0 aliphatic heterocycles. The van der Waals surface area contributed by atoms with Gasteiger partial charge in [0.1, 0.15) is 11.6 Å². The number of hydrogen-bond acceptors (Lipinski definition) is 3. The van der Waals surface area contributed by atoms with E-state index in [9.17, 15) is 0 Å². The van der Waals surface area contributed by atoms with E-state index in [0.717, 1.165) is 17.1 Å². The minimum Gasteiger partial charge on any atom is -0.496 e. The van der Waals surface area contributed by atoms with Crippen molar-refractivity contribution in [3.8, 4) is 5.75 Å². The summed E-state index contributed by atoms with van der Waals surface area (Å²) < 4.78 is 5.33. The lowest BCUT2D eigenvalue weighted by Crippen LogP contribution is -2.15. The van der Waals surface area contributed by atoms with Gasteiger partial charge in [-0.3, -0.25) is 0 Å². The van der Waals surface area contributed by atoms with E-state index in [0.29, 0.717) is 6.42 Å². The second-order valence-corrected chi connectivity index (χ2v) is 4.09. The van der Waals surface area contributed by atoms with Gasteiger partial charge in [-0.25, -0.2) is 4.98 Å². The molecule has 0 aliphatic carbocycles. The molecule has 1 unspecified atom stereocenters. The second-order valence-electron chi connectivity index (χ2n) is 4.09. The monoisotopic (exact) mass is 231 g/mol. The quantitative estimate of drug-likeness (QED) is 0.845. The van der Waals surface area contributed by atoms with Gasteiger partial charge in [0.25, 0.3) is 0 Å². The smallest absolute Gasteiger partial charge is 0.123 e. The van der Waals surface area contributed by atoms with Gasteiger partial charge in [-0.2, -0.15) is 0 Å². The number of methoxy groups -OCH3 is 1. The van der Waals surface area contributed by atoms with Crippen LogP contribution in [0.4, 0.5) is 0 Å². The highest BCUT2D eigenvalue weighted by atomic mass is 16.5. The van der Waals surface area contributed by atoms with Crippen molar-refractivity contribution in [1.82, 2.24) is 9.97 Å². The van der Waals surface area contributed by atoms with Crippen LogP contribution < -0.4 is 10.5 Å². The van der Waals surface area contributed by atoms with Crippen LogP contribution in [0, 0.1) is 6.92 Å². The highest BCUT2D eigenvalue weighted by molar-refractivity contribution is 5.39. The Balaban J connectivity index is 2.23. The molecule has 0 aliphatic rings. The predicted molar refractivity (Wildman–Crippen MR) is 67.0 cm³/mol. The van der Waals surface area contributed by atoms with Gasteiger partial charge >= 0.3 is 0 Å². The van der Waals surface area contributed by atoms with Crippen LogP contribution in [0.2, 0.25) is 0 Å². The number of H-pyrrole nitrogens is 1. The molecule has 2 aromatic rings. The molecule has 0 amide bonds. The number of nitrogens with two attached hydrogens (primary N) is 1. The Morgan fingerprint density at radius 2 is 2.29 bits per heavy atom. The van der Waals surface area contributed by atoms with E-state index in [4.69, 9.17) is 10.5 Å². The molecular weight excluding hydrogens is 214 g/mol. The highest BCUT2D eigenvalue weighted by Gasteiger charge is 2.13. The summed E-state index contributed by atoms with van der Waals surface area (Å²) in [5.74, 6) is 1.72. The topological polar surface area (TPSA) is 63.9 Å². The van der Waals surface area contributed by atoms with Crippen LogP contribution in [0.1, 0.15) is 23.0 Å². The number of nitrogens with zero attached hydrogens (tertiary/aromatic N) is 1. The molecule has 3 N–H and O–H groups in total. The molecule has 0 bridgehead atoms. The Hall–Kier alpha value is -1.81. The Bertz CT molecular complexity index is 479. The second kappa shape index (κ2) is 5.01. The van der Waals surface area contributed by atoms with Gasteiger partial charge in [0, 0.05) is 30.4 Å². The molecular formula is C13H17N3O. The first kappa shape index (κ1) is 11.7. The number of benzene rings is 1. The van der Waals surface area contributed by atoms with Crippen LogP contribution in [-0.2, 0) is 6.42 Å². The maximum absolute atomic E-state index is 6.19. The zero-order valence-corrected chi connectivity index (χ0v) is 10.1. The summed E-state index contributed by atoms with van der Waals surface area (Å²) in [4.78, 5) is 7.24. The zero-order valence-electron chi connectivity index (χ0n) is 10.1. The minimum absolute atomic E-state index is 0.115. The van der Waals surface area contributed by atoms with E-state index in [1.165, 1.54) is 5.56 Å². The fourth-order valence-electron chi connectivity index (χ4n) is 1.87. The number of hydrogen-bond donors (Lipinski definition) is 2. The van der Waals surface area contributed by atoms with Crippen molar-refractivity contribution >= 4 is 0 Å². The average molecular weight is 231 g/mol. The lowest BCUT2D eigenvalue weighted by molar-refractivity contribution is 0.405. The van der Waals surface area contributed by atoms with Gasteiger partial charge in [-0.1, -0.05) is 17.7 Å². The number of aromatic amines is 1. The zero-order chi connectivity index (χ0) is 12.3. The number of imidazole rings is 1. The fourth-order valence-corrected chi connectivity index (χ4v) is 1.87. The van der Waals surface area contributed by atoms with E-state index in [1.54, 1.807) is 19.5 Å². The van der Waals surface area contributed by atoms with Crippen LogP contribution in [-0.4, -0.2) is 17.1 Å².